The van der Waals surface area contributed by atoms with Crippen molar-refractivity contribution in [3.05, 3.63) is 18.7 Å². The second-order valence-corrected chi connectivity index (χ2v) is 2.14. The molecule has 0 N–H and O–H groups in total. The van der Waals surface area contributed by atoms with Gasteiger partial charge in [-0.2, -0.15) is 0 Å². The van der Waals surface area contributed by atoms with E-state index in [1.807, 2.05) is 17.8 Å². The highest BCUT2D eigenvalue weighted by molar-refractivity contribution is 8.93. The van der Waals surface area contributed by atoms with Crippen LogP contribution in [-0.2, 0) is 11.8 Å². The van der Waals surface area contributed by atoms with Crippen LogP contribution < -0.4 is 0 Å². The molecule has 1 aromatic rings. The van der Waals surface area contributed by atoms with E-state index in [1.165, 1.54) is 13.8 Å². The van der Waals surface area contributed by atoms with Crippen molar-refractivity contribution in [2.75, 3.05) is 0 Å². The predicted molar refractivity (Wildman–Crippen MR) is 49.9 cm³/mol. The van der Waals surface area contributed by atoms with Crippen molar-refractivity contribution in [2.45, 2.75) is 13.8 Å². The third-order valence-electron chi connectivity index (χ3n) is 0.637. The molecule has 0 aliphatic carbocycles. The molecule has 0 fully saturated rings. The topological polar surface area (TPSA) is 34.9 Å². The summed E-state index contributed by atoms with van der Waals surface area (Å²) in [6.07, 6.45) is 5.39. The molecule has 0 aliphatic rings. The molecule has 4 heteroatoms. The Morgan fingerprint density at radius 1 is 1.45 bits per heavy atom. The van der Waals surface area contributed by atoms with Crippen molar-refractivity contribution < 1.29 is 4.79 Å². The minimum Gasteiger partial charge on any atom is -0.341 e. The maximum atomic E-state index is 9.44. The standard InChI is InChI=1S/C4H6N2.C3H6O.BrH/c1-6-3-2-5-4-6;1-3(2)4;/h2-4H,1H3;1-2H3;1H. The van der Waals surface area contributed by atoms with E-state index in [2.05, 4.69) is 4.98 Å². The zero-order chi connectivity index (χ0) is 7.98. The number of aryl methyl sites for hydroxylation is 1. The van der Waals surface area contributed by atoms with Crippen molar-refractivity contribution in [3.8, 4) is 0 Å². The summed E-state index contributed by atoms with van der Waals surface area (Å²) in [4.78, 5) is 13.2. The minimum absolute atomic E-state index is 0. The van der Waals surface area contributed by atoms with Crippen LogP contribution in [0.1, 0.15) is 13.8 Å². The monoisotopic (exact) mass is 220 g/mol. The lowest BCUT2D eigenvalue weighted by molar-refractivity contribution is -0.114. The number of rotatable bonds is 0. The van der Waals surface area contributed by atoms with E-state index in [-0.39, 0.29) is 22.8 Å². The van der Waals surface area contributed by atoms with Crippen molar-refractivity contribution >= 4 is 22.8 Å². The highest BCUT2D eigenvalue weighted by Crippen LogP contribution is 1.73. The molecule has 0 radical (unpaired) electrons. The number of ketones is 1. The van der Waals surface area contributed by atoms with Crippen LogP contribution in [0.2, 0.25) is 0 Å². The van der Waals surface area contributed by atoms with E-state index in [1.54, 1.807) is 12.5 Å². The van der Waals surface area contributed by atoms with E-state index in [0.29, 0.717) is 0 Å². The third kappa shape index (κ3) is 12.5. The Morgan fingerprint density at radius 3 is 2.00 bits per heavy atom. The minimum atomic E-state index is 0. The van der Waals surface area contributed by atoms with Crippen molar-refractivity contribution in [2.24, 2.45) is 7.05 Å². The van der Waals surface area contributed by atoms with Crippen LogP contribution >= 0.6 is 17.0 Å². The number of hydrogen-bond acceptors (Lipinski definition) is 2. The molecule has 0 aromatic carbocycles. The molecule has 11 heavy (non-hydrogen) atoms. The maximum Gasteiger partial charge on any atom is 0.126 e. The first-order valence-electron chi connectivity index (χ1n) is 3.02. The van der Waals surface area contributed by atoms with Gasteiger partial charge in [0.25, 0.3) is 0 Å². The molecule has 0 saturated heterocycles. The fourth-order valence-corrected chi connectivity index (χ4v) is 0.326. The van der Waals surface area contributed by atoms with E-state index in [9.17, 15) is 4.79 Å². The third-order valence-corrected chi connectivity index (χ3v) is 0.637. The molecule has 0 amide bonds. The first-order chi connectivity index (χ1) is 4.63. The van der Waals surface area contributed by atoms with Gasteiger partial charge >= 0.3 is 0 Å². The Hall–Kier alpha value is -0.640. The smallest absolute Gasteiger partial charge is 0.126 e. The lowest BCUT2D eigenvalue weighted by Crippen LogP contribution is -1.76. The van der Waals surface area contributed by atoms with Crippen molar-refractivity contribution in [3.63, 3.8) is 0 Å². The summed E-state index contributed by atoms with van der Waals surface area (Å²) in [6, 6.07) is 0. The Bertz CT molecular complexity index is 180. The lowest BCUT2D eigenvalue weighted by atomic mass is 10.6. The van der Waals surface area contributed by atoms with Crippen molar-refractivity contribution in [1.82, 2.24) is 9.55 Å². The molecule has 1 heterocycles. The molecule has 3 nitrogen and oxygen atoms in total. The summed E-state index contributed by atoms with van der Waals surface area (Å²) in [7, 11) is 1.94. The zero-order valence-corrected chi connectivity index (χ0v) is 8.66. The summed E-state index contributed by atoms with van der Waals surface area (Å²) in [5, 5.41) is 0. The zero-order valence-electron chi connectivity index (χ0n) is 6.94. The Balaban J connectivity index is 0. The van der Waals surface area contributed by atoms with Gasteiger partial charge in [0.2, 0.25) is 0 Å². The van der Waals surface area contributed by atoms with Crippen LogP contribution in [0, 0.1) is 0 Å². The fourth-order valence-electron chi connectivity index (χ4n) is 0.326. The summed E-state index contributed by atoms with van der Waals surface area (Å²) in [5.74, 6) is 0.167. The van der Waals surface area contributed by atoms with Crippen LogP contribution in [0.5, 0.6) is 0 Å². The molecular weight excluding hydrogens is 208 g/mol. The van der Waals surface area contributed by atoms with Gasteiger partial charge in [0, 0.05) is 19.4 Å². The molecule has 0 unspecified atom stereocenters. The summed E-state index contributed by atoms with van der Waals surface area (Å²) >= 11 is 0. The second kappa shape index (κ2) is 7.47. The summed E-state index contributed by atoms with van der Waals surface area (Å²) in [5.41, 5.74) is 0. The normalized spacial score (nSPS) is 7.18. The quantitative estimate of drug-likeness (QED) is 0.666. The van der Waals surface area contributed by atoms with Gasteiger partial charge in [-0.25, -0.2) is 4.98 Å². The molecule has 0 saturated carbocycles. The molecule has 0 bridgehead atoms. The number of aromatic nitrogens is 2. The molecule has 64 valence electrons. The Labute approximate surface area is 77.2 Å². The molecule has 0 spiro atoms. The van der Waals surface area contributed by atoms with Gasteiger partial charge in [-0.05, 0) is 13.8 Å². The van der Waals surface area contributed by atoms with Gasteiger partial charge < -0.3 is 9.36 Å². The van der Waals surface area contributed by atoms with Gasteiger partial charge in [0.05, 0.1) is 6.33 Å². The van der Waals surface area contributed by atoms with Gasteiger partial charge in [-0.15, -0.1) is 17.0 Å². The van der Waals surface area contributed by atoms with E-state index >= 15 is 0 Å². The van der Waals surface area contributed by atoms with Crippen LogP contribution in [-0.4, -0.2) is 15.3 Å². The number of carbonyl (C=O) groups excluding carboxylic acids is 1. The highest BCUT2D eigenvalue weighted by Gasteiger charge is 1.69. The second-order valence-electron chi connectivity index (χ2n) is 2.14. The summed E-state index contributed by atoms with van der Waals surface area (Å²) in [6.45, 7) is 3.06. The highest BCUT2D eigenvalue weighted by atomic mass is 79.9. The maximum absolute atomic E-state index is 9.44. The number of nitrogens with zero attached hydrogens (tertiary/aromatic N) is 2. The average molecular weight is 221 g/mol. The van der Waals surface area contributed by atoms with E-state index < -0.39 is 0 Å². The number of hydrogen-bond donors (Lipinski definition) is 0. The van der Waals surface area contributed by atoms with Gasteiger partial charge in [0.1, 0.15) is 5.78 Å². The van der Waals surface area contributed by atoms with Gasteiger partial charge in [-0.3, -0.25) is 0 Å². The molecule has 0 atom stereocenters. The first kappa shape index (κ1) is 13.0. The lowest BCUT2D eigenvalue weighted by Gasteiger charge is -1.76. The average Bonchev–Trinajstić information content (AvgIpc) is 2.15. The van der Waals surface area contributed by atoms with Gasteiger partial charge in [-0.1, -0.05) is 0 Å². The van der Waals surface area contributed by atoms with Crippen LogP contribution in [0.25, 0.3) is 0 Å². The molecule has 1 aromatic heterocycles. The van der Waals surface area contributed by atoms with E-state index in [4.69, 9.17) is 0 Å². The molecule has 1 rings (SSSR count). The number of Topliss-reactive ketones (excluding diaryl/α,β-unsaturated/α-hetero) is 1. The number of halogens is 1. The number of carbonyl (C=O) groups is 1. The largest absolute Gasteiger partial charge is 0.341 e. The van der Waals surface area contributed by atoms with Gasteiger partial charge in [0.15, 0.2) is 0 Å². The molecule has 0 aliphatic heterocycles. The fraction of sp³-hybridized carbons (Fsp3) is 0.429. The first-order valence-corrected chi connectivity index (χ1v) is 3.02. The van der Waals surface area contributed by atoms with Crippen LogP contribution in [0.4, 0.5) is 0 Å². The Morgan fingerprint density at radius 2 is 1.91 bits per heavy atom. The number of imidazole rings is 1. The van der Waals surface area contributed by atoms with E-state index in [0.717, 1.165) is 0 Å². The SMILES string of the molecule is Br.CC(C)=O.Cn1ccnc1. The van der Waals surface area contributed by atoms with Crippen molar-refractivity contribution in [1.29, 1.82) is 0 Å². The van der Waals surface area contributed by atoms with Crippen LogP contribution in [0.15, 0.2) is 18.7 Å². The van der Waals surface area contributed by atoms with Crippen LogP contribution in [0.3, 0.4) is 0 Å². The molecular formula is C7H13BrN2O. The predicted octanol–water partition coefficient (Wildman–Crippen LogP) is 1.59. The summed E-state index contributed by atoms with van der Waals surface area (Å²) < 4.78 is 1.89. The Kier molecular flexibility index (Phi) is 8.82.